The van der Waals surface area contributed by atoms with Gasteiger partial charge in [0.05, 0.1) is 28.9 Å². The average Bonchev–Trinajstić information content (AvgIpc) is 3.17. The molecular weight excluding hydrogens is 320 g/mol. The molecule has 1 aromatic heterocycles. The van der Waals surface area contributed by atoms with Crippen LogP contribution in [-0.2, 0) is 0 Å². The van der Waals surface area contributed by atoms with Crippen molar-refractivity contribution in [2.24, 2.45) is 0 Å². The first kappa shape index (κ1) is 17.0. The van der Waals surface area contributed by atoms with Gasteiger partial charge < -0.3 is 9.73 Å². The Kier molecular flexibility index (Phi) is 5.31. The van der Waals surface area contributed by atoms with Crippen LogP contribution in [0.15, 0.2) is 41.0 Å². The summed E-state index contributed by atoms with van der Waals surface area (Å²) in [7, 11) is 0. The van der Waals surface area contributed by atoms with E-state index in [1.807, 2.05) is 18.2 Å². The van der Waals surface area contributed by atoms with E-state index in [-0.39, 0.29) is 17.3 Å². The number of nitrogens with zero attached hydrogens (tertiary/aromatic N) is 3. The number of anilines is 1. The minimum Gasteiger partial charge on any atom is -0.468 e. The molecule has 25 heavy (non-hydrogen) atoms. The molecule has 130 valence electrons. The summed E-state index contributed by atoms with van der Waals surface area (Å²) in [6.07, 6.45) is 5.18. The Bertz CT molecular complexity index is 761. The zero-order valence-corrected chi connectivity index (χ0v) is 13.9. The van der Waals surface area contributed by atoms with Crippen molar-refractivity contribution < 1.29 is 9.34 Å². The highest BCUT2D eigenvalue weighted by molar-refractivity contribution is 5.64. The average molecular weight is 340 g/mol. The molecule has 0 radical (unpaired) electrons. The number of rotatable bonds is 6. The van der Waals surface area contributed by atoms with E-state index in [0.717, 1.165) is 31.7 Å². The quantitative estimate of drug-likeness (QED) is 0.636. The van der Waals surface area contributed by atoms with Crippen LogP contribution in [0, 0.1) is 21.4 Å². The molecule has 1 unspecified atom stereocenters. The molecule has 1 fully saturated rings. The Morgan fingerprint density at radius 1 is 1.32 bits per heavy atom. The van der Waals surface area contributed by atoms with Crippen molar-refractivity contribution in [3.05, 3.63) is 58.0 Å². The maximum Gasteiger partial charge on any atom is 0.293 e. The largest absolute Gasteiger partial charge is 0.468 e. The Balaban J connectivity index is 1.79. The summed E-state index contributed by atoms with van der Waals surface area (Å²) < 4.78 is 5.59. The van der Waals surface area contributed by atoms with E-state index in [0.29, 0.717) is 12.2 Å². The second kappa shape index (κ2) is 7.81. The van der Waals surface area contributed by atoms with Gasteiger partial charge in [0, 0.05) is 12.6 Å². The van der Waals surface area contributed by atoms with Gasteiger partial charge >= 0.3 is 0 Å². The van der Waals surface area contributed by atoms with E-state index < -0.39 is 4.92 Å². The number of nitro groups is 1. The molecule has 0 amide bonds. The minimum atomic E-state index is -0.466. The van der Waals surface area contributed by atoms with E-state index in [4.69, 9.17) is 9.68 Å². The first-order valence-electron chi connectivity index (χ1n) is 8.39. The van der Waals surface area contributed by atoms with Crippen LogP contribution in [0.1, 0.15) is 36.6 Å². The summed E-state index contributed by atoms with van der Waals surface area (Å²) in [6, 6.07) is 10.2. The molecular formula is C18H20N4O3. The Morgan fingerprint density at radius 3 is 2.76 bits per heavy atom. The predicted octanol–water partition coefficient (Wildman–Crippen LogP) is 3.70. The van der Waals surface area contributed by atoms with Crippen LogP contribution in [0.2, 0.25) is 0 Å². The van der Waals surface area contributed by atoms with Gasteiger partial charge in [-0.25, -0.2) is 0 Å². The Morgan fingerprint density at radius 2 is 2.12 bits per heavy atom. The predicted molar refractivity (Wildman–Crippen MR) is 93.2 cm³/mol. The number of nitro benzene ring substituents is 1. The normalized spacial score (nSPS) is 16.1. The lowest BCUT2D eigenvalue weighted by molar-refractivity contribution is -0.384. The van der Waals surface area contributed by atoms with Gasteiger partial charge in [0.15, 0.2) is 0 Å². The second-order valence-electron chi connectivity index (χ2n) is 6.11. The lowest BCUT2D eigenvalue weighted by Gasteiger charge is -2.33. The number of nitrogens with one attached hydrogen (secondary N) is 1. The third kappa shape index (κ3) is 3.98. The SMILES string of the molecule is N#Cc1ccc(NCC(c2ccco2)N2CCCCC2)c([N+](=O)[O-])c1. The first-order chi connectivity index (χ1) is 12.2. The van der Waals surface area contributed by atoms with Crippen molar-refractivity contribution in [2.75, 3.05) is 25.0 Å². The summed E-state index contributed by atoms with van der Waals surface area (Å²) in [6.45, 7) is 2.48. The third-order valence-electron chi connectivity index (χ3n) is 4.51. The lowest BCUT2D eigenvalue weighted by atomic mass is 10.1. The Hall–Kier alpha value is -2.85. The molecule has 1 aromatic carbocycles. The van der Waals surface area contributed by atoms with E-state index in [1.54, 1.807) is 18.4 Å². The molecule has 1 N–H and O–H groups in total. The van der Waals surface area contributed by atoms with Gasteiger partial charge in [0.2, 0.25) is 0 Å². The molecule has 0 bridgehead atoms. The number of likely N-dealkylation sites (tertiary alicyclic amines) is 1. The number of furan rings is 1. The van der Waals surface area contributed by atoms with Crippen molar-refractivity contribution in [3.8, 4) is 6.07 Å². The van der Waals surface area contributed by atoms with Crippen molar-refractivity contribution in [1.29, 1.82) is 5.26 Å². The maximum atomic E-state index is 11.3. The van der Waals surface area contributed by atoms with E-state index in [1.165, 1.54) is 12.5 Å². The van der Waals surface area contributed by atoms with Crippen molar-refractivity contribution in [2.45, 2.75) is 25.3 Å². The van der Waals surface area contributed by atoms with Crippen LogP contribution in [-0.4, -0.2) is 29.5 Å². The van der Waals surface area contributed by atoms with Gasteiger partial charge in [-0.1, -0.05) is 6.42 Å². The zero-order valence-electron chi connectivity index (χ0n) is 13.9. The molecule has 0 aliphatic carbocycles. The van der Waals surface area contributed by atoms with Gasteiger partial charge in [0.1, 0.15) is 11.4 Å². The van der Waals surface area contributed by atoms with Crippen LogP contribution < -0.4 is 5.32 Å². The van der Waals surface area contributed by atoms with Crippen molar-refractivity contribution in [1.82, 2.24) is 4.90 Å². The summed E-state index contributed by atoms with van der Waals surface area (Å²) in [5.74, 6) is 0.852. The van der Waals surface area contributed by atoms with Gasteiger partial charge in [-0.15, -0.1) is 0 Å². The molecule has 3 rings (SSSR count). The number of nitriles is 1. The van der Waals surface area contributed by atoms with Gasteiger partial charge in [0.25, 0.3) is 5.69 Å². The fourth-order valence-corrected chi connectivity index (χ4v) is 3.23. The van der Waals surface area contributed by atoms with E-state index >= 15 is 0 Å². The summed E-state index contributed by atoms with van der Waals surface area (Å²) in [5.41, 5.74) is 0.601. The highest BCUT2D eigenvalue weighted by Gasteiger charge is 2.25. The molecule has 1 aliphatic rings. The van der Waals surface area contributed by atoms with Crippen LogP contribution in [0.4, 0.5) is 11.4 Å². The van der Waals surface area contributed by atoms with Crippen molar-refractivity contribution >= 4 is 11.4 Å². The first-order valence-corrected chi connectivity index (χ1v) is 8.39. The number of hydrogen-bond donors (Lipinski definition) is 1. The Labute approximate surface area is 146 Å². The topological polar surface area (TPSA) is 95.3 Å². The van der Waals surface area contributed by atoms with Crippen LogP contribution in [0.25, 0.3) is 0 Å². The molecule has 2 aromatic rings. The molecule has 2 heterocycles. The molecule has 1 saturated heterocycles. The minimum absolute atomic E-state index is 0.0190. The lowest BCUT2D eigenvalue weighted by Crippen LogP contribution is -2.37. The molecule has 7 heteroatoms. The van der Waals surface area contributed by atoms with Crippen LogP contribution in [0.3, 0.4) is 0 Å². The van der Waals surface area contributed by atoms with Gasteiger partial charge in [-0.2, -0.15) is 5.26 Å². The second-order valence-corrected chi connectivity index (χ2v) is 6.11. The molecule has 7 nitrogen and oxygen atoms in total. The zero-order chi connectivity index (χ0) is 17.6. The number of hydrogen-bond acceptors (Lipinski definition) is 6. The standard InChI is InChI=1S/C18H20N4O3/c19-12-14-6-7-15(16(11-14)22(23)24)20-13-17(18-5-4-10-25-18)21-8-2-1-3-9-21/h4-7,10-11,17,20H,1-3,8-9,13H2. The smallest absolute Gasteiger partial charge is 0.293 e. The summed E-state index contributed by atoms with van der Waals surface area (Å²) in [5, 5.41) is 23.4. The van der Waals surface area contributed by atoms with E-state index in [9.17, 15) is 10.1 Å². The summed E-state index contributed by atoms with van der Waals surface area (Å²) in [4.78, 5) is 13.2. The molecule has 1 atom stereocenters. The molecule has 0 spiro atoms. The summed E-state index contributed by atoms with van der Waals surface area (Å²) >= 11 is 0. The number of piperidine rings is 1. The highest BCUT2D eigenvalue weighted by Crippen LogP contribution is 2.29. The fourth-order valence-electron chi connectivity index (χ4n) is 3.23. The fraction of sp³-hybridized carbons (Fsp3) is 0.389. The number of benzene rings is 1. The third-order valence-corrected chi connectivity index (χ3v) is 4.51. The van der Waals surface area contributed by atoms with Crippen molar-refractivity contribution in [3.63, 3.8) is 0 Å². The van der Waals surface area contributed by atoms with Gasteiger partial charge in [-0.3, -0.25) is 15.0 Å². The molecule has 0 saturated carbocycles. The molecule has 1 aliphatic heterocycles. The highest BCUT2D eigenvalue weighted by atomic mass is 16.6. The van der Waals surface area contributed by atoms with Crippen LogP contribution >= 0.6 is 0 Å². The monoisotopic (exact) mass is 340 g/mol. The van der Waals surface area contributed by atoms with Crippen LogP contribution in [0.5, 0.6) is 0 Å². The maximum absolute atomic E-state index is 11.3. The van der Waals surface area contributed by atoms with Gasteiger partial charge in [-0.05, 0) is 50.2 Å². The van der Waals surface area contributed by atoms with E-state index in [2.05, 4.69) is 10.2 Å².